The second-order valence-corrected chi connectivity index (χ2v) is 12.1. The summed E-state index contributed by atoms with van der Waals surface area (Å²) >= 11 is 13.7. The van der Waals surface area contributed by atoms with Crippen molar-refractivity contribution in [3.8, 4) is 0 Å². The highest BCUT2D eigenvalue weighted by molar-refractivity contribution is 7.17. The lowest BCUT2D eigenvalue weighted by molar-refractivity contribution is -0.121. The molecule has 2 amide bonds. The summed E-state index contributed by atoms with van der Waals surface area (Å²) in [5.41, 5.74) is -0.767. The number of para-hydroxylation sites is 1. The number of anilines is 2. The molecule has 7 rings (SSSR count). The molecule has 0 aliphatic carbocycles. The van der Waals surface area contributed by atoms with Crippen molar-refractivity contribution in [2.45, 2.75) is 25.9 Å². The maximum Gasteiger partial charge on any atom is 0.350 e. The molecule has 5 aromatic rings. The van der Waals surface area contributed by atoms with Gasteiger partial charge in [0.1, 0.15) is 10.5 Å². The Bertz CT molecular complexity index is 2130. The topological polar surface area (TPSA) is 110 Å². The minimum Gasteiger partial charge on any atom is -0.462 e. The third-order valence-corrected chi connectivity index (χ3v) is 9.54. The smallest absolute Gasteiger partial charge is 0.350 e. The van der Waals surface area contributed by atoms with Gasteiger partial charge in [0.15, 0.2) is 16.1 Å². The predicted molar refractivity (Wildman–Crippen MR) is 167 cm³/mol. The van der Waals surface area contributed by atoms with Crippen molar-refractivity contribution < 1.29 is 23.5 Å². The highest BCUT2D eigenvalue weighted by atomic mass is 35.5. The molecule has 2 aromatic heterocycles. The fourth-order valence-corrected chi connectivity index (χ4v) is 7.33. The van der Waals surface area contributed by atoms with Crippen LogP contribution in [0, 0.1) is 6.92 Å². The quantitative estimate of drug-likeness (QED) is 0.201. The van der Waals surface area contributed by atoms with Crippen molar-refractivity contribution in [2.75, 3.05) is 16.4 Å². The minimum absolute atomic E-state index is 0.0335. The number of thiazole rings is 1. The summed E-state index contributed by atoms with van der Waals surface area (Å²) < 4.78 is 11.3. The van der Waals surface area contributed by atoms with Gasteiger partial charge in [-0.1, -0.05) is 70.9 Å². The van der Waals surface area contributed by atoms with Gasteiger partial charge in [-0.05, 0) is 49.7 Å². The first-order valence-corrected chi connectivity index (χ1v) is 15.2. The van der Waals surface area contributed by atoms with Gasteiger partial charge < -0.3 is 14.1 Å². The van der Waals surface area contributed by atoms with Crippen LogP contribution < -0.4 is 15.2 Å². The van der Waals surface area contributed by atoms with E-state index in [1.54, 1.807) is 62.4 Å². The molecule has 1 atom stereocenters. The normalized spacial score (nSPS) is 17.1. The zero-order chi connectivity index (χ0) is 30.9. The van der Waals surface area contributed by atoms with E-state index in [0.29, 0.717) is 27.5 Å². The third-order valence-electron chi connectivity index (χ3n) is 7.81. The van der Waals surface area contributed by atoms with Gasteiger partial charge in [-0.2, -0.15) is 0 Å². The molecule has 0 saturated carbocycles. The van der Waals surface area contributed by atoms with Crippen molar-refractivity contribution in [3.05, 3.63) is 120 Å². The number of benzene rings is 3. The lowest BCUT2D eigenvalue weighted by Gasteiger charge is -2.32. The summed E-state index contributed by atoms with van der Waals surface area (Å²) in [6.07, 6.45) is 0. The van der Waals surface area contributed by atoms with Gasteiger partial charge in [0.2, 0.25) is 5.76 Å². The Labute approximate surface area is 264 Å². The monoisotopic (exact) mass is 645 g/mol. The van der Waals surface area contributed by atoms with E-state index in [1.165, 1.54) is 21.9 Å². The second-order valence-electron chi connectivity index (χ2n) is 10.3. The number of rotatable bonds is 5. The lowest BCUT2D eigenvalue weighted by atomic mass is 9.84. The van der Waals surface area contributed by atoms with E-state index in [1.807, 2.05) is 6.07 Å². The van der Waals surface area contributed by atoms with Gasteiger partial charge in [0.25, 0.3) is 11.8 Å². The average Bonchev–Trinajstić information content (AvgIpc) is 3.59. The molecule has 44 heavy (non-hydrogen) atoms. The first kappa shape index (κ1) is 28.3. The SMILES string of the molecule is CCOC(=O)c1sc(N2C(=O)c3oc4ccc(Cl)cc4c(=O)c3C23C(=O)N(Cc2ccccc2Cl)c2ccccc23)nc1C. The number of amides is 2. The van der Waals surface area contributed by atoms with E-state index in [0.717, 1.165) is 11.3 Å². The average molecular weight is 647 g/mol. The number of fused-ring (bicyclic) bond motifs is 5. The molecule has 0 N–H and O–H groups in total. The summed E-state index contributed by atoms with van der Waals surface area (Å²) in [7, 11) is 0. The molecule has 1 unspecified atom stereocenters. The maximum absolute atomic E-state index is 15.0. The number of halogens is 2. The van der Waals surface area contributed by atoms with E-state index in [2.05, 4.69) is 4.98 Å². The second kappa shape index (κ2) is 10.3. The number of carbonyl (C=O) groups excluding carboxylic acids is 3. The molecule has 220 valence electrons. The van der Waals surface area contributed by atoms with Crippen LogP contribution in [-0.2, 0) is 21.6 Å². The largest absolute Gasteiger partial charge is 0.462 e. The molecule has 12 heteroatoms. The molecule has 4 heterocycles. The molecule has 2 aliphatic rings. The Kier molecular flexibility index (Phi) is 6.61. The fraction of sp³-hybridized carbons (Fsp3) is 0.156. The van der Waals surface area contributed by atoms with Gasteiger partial charge in [0, 0.05) is 15.6 Å². The summed E-state index contributed by atoms with van der Waals surface area (Å²) in [5.74, 6) is -2.23. The van der Waals surface area contributed by atoms with Gasteiger partial charge in [-0.3, -0.25) is 19.3 Å². The van der Waals surface area contributed by atoms with Crippen LogP contribution in [0.4, 0.5) is 10.8 Å². The lowest BCUT2D eigenvalue weighted by Crippen LogP contribution is -2.53. The number of nitrogens with zero attached hydrogens (tertiary/aromatic N) is 3. The Hall–Kier alpha value is -4.51. The summed E-state index contributed by atoms with van der Waals surface area (Å²) in [6, 6.07) is 18.5. The van der Waals surface area contributed by atoms with Crippen LogP contribution >= 0.6 is 34.5 Å². The van der Waals surface area contributed by atoms with Crippen LogP contribution in [0.15, 0.2) is 75.9 Å². The molecule has 0 saturated heterocycles. The minimum atomic E-state index is -2.00. The third kappa shape index (κ3) is 3.88. The zero-order valence-corrected chi connectivity index (χ0v) is 25.5. The summed E-state index contributed by atoms with van der Waals surface area (Å²) in [5, 5.41) is 0.884. The Morgan fingerprint density at radius 2 is 1.80 bits per heavy atom. The van der Waals surface area contributed by atoms with Crippen LogP contribution in [0.5, 0.6) is 0 Å². The standard InChI is InChI=1S/C32H21Cl2N3O6S/c1-3-42-29(40)27-16(2)35-31(44-27)37-28(39)26-24(25(38)19-14-18(33)12-13-23(19)43-26)32(37)20-9-5-7-11-22(20)36(30(32)41)15-17-8-4-6-10-21(17)34/h4-14H,3,15H2,1-2H3. The van der Waals surface area contributed by atoms with Crippen LogP contribution in [0.3, 0.4) is 0 Å². The number of hydrogen-bond donors (Lipinski definition) is 0. The van der Waals surface area contributed by atoms with E-state index in [4.69, 9.17) is 32.4 Å². The van der Waals surface area contributed by atoms with E-state index in [-0.39, 0.29) is 50.5 Å². The van der Waals surface area contributed by atoms with E-state index < -0.39 is 28.8 Å². The highest BCUT2D eigenvalue weighted by Gasteiger charge is 2.66. The van der Waals surface area contributed by atoms with Crippen molar-refractivity contribution in [2.24, 2.45) is 0 Å². The molecule has 0 fully saturated rings. The predicted octanol–water partition coefficient (Wildman–Crippen LogP) is 6.49. The van der Waals surface area contributed by atoms with E-state index >= 15 is 4.79 Å². The molecule has 3 aromatic carbocycles. The number of hydrogen-bond acceptors (Lipinski definition) is 8. The van der Waals surface area contributed by atoms with E-state index in [9.17, 15) is 14.4 Å². The molecule has 9 nitrogen and oxygen atoms in total. The van der Waals surface area contributed by atoms with Crippen LogP contribution in [-0.4, -0.2) is 29.4 Å². The number of aromatic nitrogens is 1. The fourth-order valence-electron chi connectivity index (χ4n) is 5.95. The molecule has 2 aliphatic heterocycles. The number of aryl methyl sites for hydroxylation is 1. The first-order chi connectivity index (χ1) is 21.2. The highest BCUT2D eigenvalue weighted by Crippen LogP contribution is 2.55. The first-order valence-electron chi connectivity index (χ1n) is 13.6. The van der Waals surface area contributed by atoms with Gasteiger partial charge in [0.05, 0.1) is 35.5 Å². The van der Waals surface area contributed by atoms with Crippen molar-refractivity contribution in [1.29, 1.82) is 0 Å². The Morgan fingerprint density at radius 3 is 2.57 bits per heavy atom. The van der Waals surface area contributed by atoms with Crippen molar-refractivity contribution >= 4 is 74.1 Å². The van der Waals surface area contributed by atoms with Crippen LogP contribution in [0.1, 0.15) is 49.5 Å². The van der Waals surface area contributed by atoms with Gasteiger partial charge >= 0.3 is 5.97 Å². The molecule has 0 radical (unpaired) electrons. The molecular formula is C32H21Cl2N3O6S. The van der Waals surface area contributed by atoms with Crippen LogP contribution in [0.2, 0.25) is 10.0 Å². The van der Waals surface area contributed by atoms with Gasteiger partial charge in [-0.25, -0.2) is 9.78 Å². The summed E-state index contributed by atoms with van der Waals surface area (Å²) in [4.78, 5) is 64.1. The van der Waals surface area contributed by atoms with Crippen molar-refractivity contribution in [3.63, 3.8) is 0 Å². The van der Waals surface area contributed by atoms with Crippen LogP contribution in [0.25, 0.3) is 11.0 Å². The summed E-state index contributed by atoms with van der Waals surface area (Å²) in [6.45, 7) is 3.49. The number of esters is 1. The Balaban J connectivity index is 1.55. The maximum atomic E-state index is 15.0. The molecular weight excluding hydrogens is 625 g/mol. The Morgan fingerprint density at radius 1 is 1.05 bits per heavy atom. The number of carbonyl (C=O) groups is 3. The molecule has 1 spiro atoms. The zero-order valence-electron chi connectivity index (χ0n) is 23.2. The number of ether oxygens (including phenoxy) is 1. The van der Waals surface area contributed by atoms with Crippen molar-refractivity contribution in [1.82, 2.24) is 4.98 Å². The molecule has 0 bridgehead atoms. The van der Waals surface area contributed by atoms with Gasteiger partial charge in [-0.15, -0.1) is 0 Å².